The highest BCUT2D eigenvalue weighted by molar-refractivity contribution is 5.49. The summed E-state index contributed by atoms with van der Waals surface area (Å²) in [6.07, 6.45) is 8.16. The Balaban J connectivity index is 1.26. The minimum Gasteiger partial charge on any atom is -0.508 e. The molecule has 5 N–H and O–H groups in total. The molecule has 0 atom stereocenters. The molecule has 0 aliphatic heterocycles. The van der Waals surface area contributed by atoms with Crippen molar-refractivity contribution < 1.29 is 15.3 Å². The first-order chi connectivity index (χ1) is 17.5. The smallest absolute Gasteiger partial charge is 0.160 e. The molecule has 0 amide bonds. The second-order valence-corrected chi connectivity index (χ2v) is 9.64. The molecule has 0 bridgehead atoms. The van der Waals surface area contributed by atoms with Crippen LogP contribution >= 0.6 is 0 Å². The lowest BCUT2D eigenvalue weighted by Gasteiger charge is -2.14. The number of phenols is 3. The maximum atomic E-state index is 10.5. The Morgan fingerprint density at radius 3 is 2.00 bits per heavy atom. The average Bonchev–Trinajstić information content (AvgIpc) is 2.87. The van der Waals surface area contributed by atoms with Gasteiger partial charge in [0.1, 0.15) is 5.75 Å². The van der Waals surface area contributed by atoms with E-state index >= 15 is 0 Å². The summed E-state index contributed by atoms with van der Waals surface area (Å²) in [6, 6.07) is 19.4. The van der Waals surface area contributed by atoms with Gasteiger partial charge in [-0.05, 0) is 107 Å². The minimum absolute atomic E-state index is 0.0248. The van der Waals surface area contributed by atoms with E-state index < -0.39 is 0 Å². The zero-order chi connectivity index (χ0) is 25.6. The number of phenolic OH excluding ortho intramolecular Hbond substituents is 3. The highest BCUT2D eigenvalue weighted by atomic mass is 16.3. The fourth-order valence-corrected chi connectivity index (χ4v) is 4.54. The lowest BCUT2D eigenvalue weighted by Crippen LogP contribution is -2.20. The summed E-state index contributed by atoms with van der Waals surface area (Å²) in [7, 11) is 0. The van der Waals surface area contributed by atoms with Crippen molar-refractivity contribution >= 4 is 0 Å². The van der Waals surface area contributed by atoms with Gasteiger partial charge in [0.2, 0.25) is 0 Å². The molecule has 3 rings (SSSR count). The van der Waals surface area contributed by atoms with Crippen molar-refractivity contribution in [2.24, 2.45) is 0 Å². The number of rotatable bonds is 16. The molecule has 0 aliphatic carbocycles. The van der Waals surface area contributed by atoms with Crippen LogP contribution in [0.25, 0.3) is 0 Å². The number of hydrogen-bond donors (Lipinski definition) is 5. The predicted molar refractivity (Wildman–Crippen MR) is 148 cm³/mol. The fraction of sp³-hybridized carbons (Fsp3) is 0.419. The number of unbranched alkanes of at least 4 members (excludes halogenated alkanes) is 3. The Labute approximate surface area is 216 Å². The molecule has 0 radical (unpaired) electrons. The van der Waals surface area contributed by atoms with E-state index in [4.69, 9.17) is 0 Å². The standard InChI is InChI=1S/C31H42N2O3/c1-24-7-6-8-26(23-24)11-15-29-27(12-16-30(35)31(29)36)18-22-33-20-5-3-2-4-19-32-21-17-25-9-13-28(34)14-10-25/h6-10,12-14,16,23,32-36H,2-5,11,15,17-22H2,1H3. The summed E-state index contributed by atoms with van der Waals surface area (Å²) in [4.78, 5) is 0. The van der Waals surface area contributed by atoms with Gasteiger partial charge in [0.15, 0.2) is 11.5 Å². The Hall–Kier alpha value is -3.02. The van der Waals surface area contributed by atoms with Crippen molar-refractivity contribution in [2.75, 3.05) is 26.2 Å². The average molecular weight is 491 g/mol. The van der Waals surface area contributed by atoms with Gasteiger partial charge in [-0.25, -0.2) is 0 Å². The third kappa shape index (κ3) is 9.56. The Kier molecular flexibility index (Phi) is 11.6. The molecule has 5 nitrogen and oxygen atoms in total. The summed E-state index contributed by atoms with van der Waals surface area (Å²) in [6.45, 7) is 5.95. The van der Waals surface area contributed by atoms with E-state index in [0.717, 1.165) is 63.0 Å². The lowest BCUT2D eigenvalue weighted by molar-refractivity contribution is 0.398. The summed E-state index contributed by atoms with van der Waals surface area (Å²) in [5, 5.41) is 36.8. The van der Waals surface area contributed by atoms with Crippen LogP contribution in [-0.2, 0) is 25.7 Å². The van der Waals surface area contributed by atoms with Gasteiger partial charge in [0.25, 0.3) is 0 Å². The van der Waals surface area contributed by atoms with Crippen molar-refractivity contribution in [1.29, 1.82) is 0 Å². The van der Waals surface area contributed by atoms with Crippen molar-refractivity contribution in [3.8, 4) is 17.2 Å². The second-order valence-electron chi connectivity index (χ2n) is 9.64. The monoisotopic (exact) mass is 490 g/mol. The van der Waals surface area contributed by atoms with Gasteiger partial charge in [-0.3, -0.25) is 0 Å². The van der Waals surface area contributed by atoms with Crippen LogP contribution in [0.2, 0.25) is 0 Å². The highest BCUT2D eigenvalue weighted by Crippen LogP contribution is 2.32. The molecule has 194 valence electrons. The van der Waals surface area contributed by atoms with Gasteiger partial charge in [0, 0.05) is 5.56 Å². The quantitative estimate of drug-likeness (QED) is 0.137. The molecule has 0 unspecified atom stereocenters. The Bertz CT molecular complexity index is 1050. The molecule has 0 spiro atoms. The topological polar surface area (TPSA) is 84.8 Å². The number of benzene rings is 3. The molecule has 0 aromatic heterocycles. The van der Waals surface area contributed by atoms with Gasteiger partial charge in [0.05, 0.1) is 0 Å². The minimum atomic E-state index is -0.0409. The van der Waals surface area contributed by atoms with E-state index in [9.17, 15) is 15.3 Å². The zero-order valence-electron chi connectivity index (χ0n) is 21.6. The molecule has 0 saturated carbocycles. The molecule has 36 heavy (non-hydrogen) atoms. The molecular formula is C31H42N2O3. The van der Waals surface area contributed by atoms with Gasteiger partial charge in [-0.15, -0.1) is 0 Å². The van der Waals surface area contributed by atoms with E-state index in [1.165, 1.54) is 36.0 Å². The van der Waals surface area contributed by atoms with Gasteiger partial charge in [-0.2, -0.15) is 0 Å². The number of aromatic hydroxyl groups is 3. The largest absolute Gasteiger partial charge is 0.508 e. The van der Waals surface area contributed by atoms with Gasteiger partial charge in [-0.1, -0.05) is 60.9 Å². The summed E-state index contributed by atoms with van der Waals surface area (Å²) >= 11 is 0. The van der Waals surface area contributed by atoms with Gasteiger partial charge < -0.3 is 26.0 Å². The summed E-state index contributed by atoms with van der Waals surface area (Å²) < 4.78 is 0. The molecular weight excluding hydrogens is 448 g/mol. The van der Waals surface area contributed by atoms with Crippen LogP contribution in [0.15, 0.2) is 60.7 Å². The predicted octanol–water partition coefficient (Wildman–Crippen LogP) is 5.42. The molecule has 5 heteroatoms. The summed E-state index contributed by atoms with van der Waals surface area (Å²) in [5.74, 6) is 0.303. The first-order valence-electron chi connectivity index (χ1n) is 13.3. The molecule has 3 aromatic carbocycles. The van der Waals surface area contributed by atoms with Gasteiger partial charge >= 0.3 is 0 Å². The van der Waals surface area contributed by atoms with E-state index in [0.29, 0.717) is 12.2 Å². The fourth-order valence-electron chi connectivity index (χ4n) is 4.54. The van der Waals surface area contributed by atoms with Crippen LogP contribution in [0.5, 0.6) is 17.2 Å². The Morgan fingerprint density at radius 2 is 1.31 bits per heavy atom. The van der Waals surface area contributed by atoms with Crippen molar-refractivity contribution in [3.05, 3.63) is 88.5 Å². The second kappa shape index (κ2) is 15.2. The van der Waals surface area contributed by atoms with Crippen LogP contribution < -0.4 is 10.6 Å². The third-order valence-electron chi connectivity index (χ3n) is 6.66. The molecule has 3 aromatic rings. The van der Waals surface area contributed by atoms with Crippen LogP contribution in [-0.4, -0.2) is 41.5 Å². The number of nitrogens with one attached hydrogen (secondary N) is 2. The molecule has 0 saturated heterocycles. The van der Waals surface area contributed by atoms with Crippen molar-refractivity contribution in [2.45, 2.75) is 58.3 Å². The normalized spacial score (nSPS) is 11.1. The first-order valence-corrected chi connectivity index (χ1v) is 13.3. The SMILES string of the molecule is Cc1cccc(CCc2c(CCNCCCCCCNCCc3ccc(O)cc3)ccc(O)c2O)c1. The van der Waals surface area contributed by atoms with Crippen molar-refractivity contribution in [3.63, 3.8) is 0 Å². The maximum absolute atomic E-state index is 10.5. The van der Waals surface area contributed by atoms with E-state index in [-0.39, 0.29) is 11.5 Å². The lowest BCUT2D eigenvalue weighted by atomic mass is 9.96. The van der Waals surface area contributed by atoms with E-state index in [2.05, 4.69) is 41.8 Å². The molecule has 0 aliphatic rings. The van der Waals surface area contributed by atoms with E-state index in [1.807, 2.05) is 18.2 Å². The Morgan fingerprint density at radius 1 is 0.611 bits per heavy atom. The van der Waals surface area contributed by atoms with Crippen LogP contribution in [0.3, 0.4) is 0 Å². The van der Waals surface area contributed by atoms with Crippen LogP contribution in [0, 0.1) is 6.92 Å². The first kappa shape index (κ1) is 27.6. The zero-order valence-corrected chi connectivity index (χ0v) is 21.6. The summed E-state index contributed by atoms with van der Waals surface area (Å²) in [5.41, 5.74) is 5.68. The third-order valence-corrected chi connectivity index (χ3v) is 6.66. The van der Waals surface area contributed by atoms with Crippen LogP contribution in [0.4, 0.5) is 0 Å². The molecule has 0 fully saturated rings. The number of aryl methyl sites for hydroxylation is 2. The van der Waals surface area contributed by atoms with E-state index in [1.54, 1.807) is 18.2 Å². The molecule has 0 heterocycles. The van der Waals surface area contributed by atoms with Crippen LogP contribution in [0.1, 0.15) is 53.5 Å². The van der Waals surface area contributed by atoms with Crippen molar-refractivity contribution in [1.82, 2.24) is 10.6 Å². The maximum Gasteiger partial charge on any atom is 0.160 e. The highest BCUT2D eigenvalue weighted by Gasteiger charge is 2.12. The number of hydrogen-bond acceptors (Lipinski definition) is 5.